The van der Waals surface area contributed by atoms with Crippen molar-refractivity contribution in [2.45, 2.75) is 32.2 Å². The van der Waals surface area contributed by atoms with E-state index in [4.69, 9.17) is 4.74 Å². The van der Waals surface area contributed by atoms with Gasteiger partial charge in [-0.15, -0.1) is 0 Å². The van der Waals surface area contributed by atoms with Gasteiger partial charge in [0.25, 0.3) is 0 Å². The molecule has 0 unspecified atom stereocenters. The van der Waals surface area contributed by atoms with Gasteiger partial charge in [0.05, 0.1) is 19.7 Å². The van der Waals surface area contributed by atoms with Crippen molar-refractivity contribution in [2.24, 2.45) is 0 Å². The Morgan fingerprint density at radius 3 is 2.31 bits per heavy atom. The van der Waals surface area contributed by atoms with Crippen LogP contribution < -0.4 is 15.4 Å². The summed E-state index contributed by atoms with van der Waals surface area (Å²) in [5.41, 5.74) is 1.91. The topological polar surface area (TPSA) is 70.7 Å². The largest absolute Gasteiger partial charge is 0.497 e. The number of methoxy groups -OCH3 is 1. The quantitative estimate of drug-likeness (QED) is 0.646. The molecule has 0 radical (unpaired) electrons. The Balaban J connectivity index is 1.82. The van der Waals surface area contributed by atoms with Gasteiger partial charge in [0.2, 0.25) is 11.8 Å². The molecule has 0 saturated carbocycles. The first-order valence-corrected chi connectivity index (χ1v) is 9.91. The van der Waals surface area contributed by atoms with Gasteiger partial charge >= 0.3 is 0 Å². The highest BCUT2D eigenvalue weighted by atomic mass is 16.5. The van der Waals surface area contributed by atoms with Crippen molar-refractivity contribution in [1.29, 1.82) is 0 Å². The minimum absolute atomic E-state index is 0.0841. The van der Waals surface area contributed by atoms with Crippen LogP contribution in [-0.4, -0.2) is 50.0 Å². The molecule has 0 aliphatic rings. The number of benzene rings is 2. The van der Waals surface area contributed by atoms with E-state index in [9.17, 15) is 9.59 Å². The molecule has 2 atom stereocenters. The van der Waals surface area contributed by atoms with Crippen LogP contribution in [0.1, 0.15) is 31.7 Å². The van der Waals surface area contributed by atoms with Crippen LogP contribution >= 0.6 is 0 Å². The maximum Gasteiger partial charge on any atom is 0.238 e. The van der Waals surface area contributed by atoms with Gasteiger partial charge in [-0.1, -0.05) is 37.3 Å². The van der Waals surface area contributed by atoms with Crippen LogP contribution in [0.25, 0.3) is 0 Å². The fraction of sp³-hybridized carbons (Fsp3) is 0.391. The molecule has 29 heavy (non-hydrogen) atoms. The van der Waals surface area contributed by atoms with Crippen molar-refractivity contribution >= 4 is 17.5 Å². The lowest BCUT2D eigenvalue weighted by Crippen LogP contribution is -2.46. The van der Waals surface area contributed by atoms with Gasteiger partial charge in [-0.05, 0) is 50.2 Å². The Bertz CT molecular complexity index is 778. The molecule has 0 aliphatic heterocycles. The molecule has 6 heteroatoms. The summed E-state index contributed by atoms with van der Waals surface area (Å²) in [7, 11) is 3.36. The predicted molar refractivity (Wildman–Crippen MR) is 116 cm³/mol. The van der Waals surface area contributed by atoms with Gasteiger partial charge in [0.1, 0.15) is 5.75 Å². The van der Waals surface area contributed by atoms with Crippen LogP contribution in [0.4, 0.5) is 5.69 Å². The average molecular weight is 398 g/mol. The number of carbonyl (C=O) groups excluding carboxylic acids is 2. The zero-order valence-corrected chi connectivity index (χ0v) is 17.6. The Labute approximate surface area is 173 Å². The zero-order chi connectivity index (χ0) is 21.2. The van der Waals surface area contributed by atoms with Crippen LogP contribution in [0.3, 0.4) is 0 Å². The highest BCUT2D eigenvalue weighted by Gasteiger charge is 2.21. The SMILES string of the molecule is CC[C@H](CNC(=O)[C@H](C)N(C)CC(=O)Nc1ccc(OC)cc1)c1ccccc1. The maximum absolute atomic E-state index is 12.5. The molecule has 2 aromatic rings. The van der Waals surface area contributed by atoms with Gasteiger partial charge in [-0.3, -0.25) is 14.5 Å². The average Bonchev–Trinajstić information content (AvgIpc) is 2.74. The summed E-state index contributed by atoms with van der Waals surface area (Å²) in [5.74, 6) is 0.745. The number of likely N-dealkylation sites (N-methyl/N-ethyl adjacent to an activating group) is 1. The lowest BCUT2D eigenvalue weighted by molar-refractivity contribution is -0.126. The molecule has 0 aliphatic carbocycles. The van der Waals surface area contributed by atoms with Gasteiger partial charge in [-0.2, -0.15) is 0 Å². The summed E-state index contributed by atoms with van der Waals surface area (Å²) in [4.78, 5) is 26.6. The number of carbonyl (C=O) groups is 2. The molecule has 6 nitrogen and oxygen atoms in total. The van der Waals surface area contributed by atoms with E-state index in [0.717, 1.165) is 12.2 Å². The van der Waals surface area contributed by atoms with E-state index in [0.29, 0.717) is 12.2 Å². The lowest BCUT2D eigenvalue weighted by atomic mass is 9.96. The number of amides is 2. The fourth-order valence-electron chi connectivity index (χ4n) is 3.03. The fourth-order valence-corrected chi connectivity index (χ4v) is 3.03. The van der Waals surface area contributed by atoms with E-state index >= 15 is 0 Å². The van der Waals surface area contributed by atoms with E-state index in [1.54, 1.807) is 50.2 Å². The van der Waals surface area contributed by atoms with Gasteiger partial charge < -0.3 is 15.4 Å². The number of nitrogens with zero attached hydrogens (tertiary/aromatic N) is 1. The first kappa shape index (κ1) is 22.4. The molecule has 156 valence electrons. The van der Waals surface area contributed by atoms with E-state index in [-0.39, 0.29) is 24.3 Å². The van der Waals surface area contributed by atoms with Crippen molar-refractivity contribution in [2.75, 3.05) is 32.6 Å². The molecule has 2 amide bonds. The number of rotatable bonds is 10. The van der Waals surface area contributed by atoms with Crippen molar-refractivity contribution in [1.82, 2.24) is 10.2 Å². The van der Waals surface area contributed by atoms with Gasteiger partial charge in [-0.25, -0.2) is 0 Å². The van der Waals surface area contributed by atoms with Crippen LogP contribution in [0.15, 0.2) is 54.6 Å². The second-order valence-electron chi connectivity index (χ2n) is 7.13. The second-order valence-corrected chi connectivity index (χ2v) is 7.13. The van der Waals surface area contributed by atoms with E-state index in [1.165, 1.54) is 5.56 Å². The summed E-state index contributed by atoms with van der Waals surface area (Å²) < 4.78 is 5.11. The van der Waals surface area contributed by atoms with Crippen LogP contribution in [-0.2, 0) is 9.59 Å². The molecular formula is C23H31N3O3. The normalized spacial score (nSPS) is 12.9. The smallest absolute Gasteiger partial charge is 0.238 e. The maximum atomic E-state index is 12.5. The van der Waals surface area contributed by atoms with Crippen LogP contribution in [0.5, 0.6) is 5.75 Å². The standard InChI is InChI=1S/C23H31N3O3/c1-5-18(19-9-7-6-8-10-19)15-24-23(28)17(2)26(3)16-22(27)25-20-11-13-21(29-4)14-12-20/h6-14,17-18H,5,15-16H2,1-4H3,(H,24,28)(H,25,27)/t17-,18+/m0/s1. The number of ether oxygens (including phenoxy) is 1. The summed E-state index contributed by atoms with van der Waals surface area (Å²) in [6.45, 7) is 4.62. The third-order valence-electron chi connectivity index (χ3n) is 5.09. The Morgan fingerprint density at radius 2 is 1.72 bits per heavy atom. The number of nitrogens with one attached hydrogen (secondary N) is 2. The second kappa shape index (κ2) is 11.2. The first-order valence-electron chi connectivity index (χ1n) is 9.91. The van der Waals surface area contributed by atoms with E-state index in [1.807, 2.05) is 18.2 Å². The third kappa shape index (κ3) is 6.91. The molecule has 2 N–H and O–H groups in total. The Hall–Kier alpha value is -2.86. The zero-order valence-electron chi connectivity index (χ0n) is 17.6. The molecule has 2 rings (SSSR count). The molecule has 0 bridgehead atoms. The van der Waals surface area contributed by atoms with E-state index < -0.39 is 6.04 Å². The van der Waals surface area contributed by atoms with Crippen molar-refractivity contribution in [3.05, 3.63) is 60.2 Å². The van der Waals surface area contributed by atoms with Gasteiger partial charge in [0.15, 0.2) is 0 Å². The summed E-state index contributed by atoms with van der Waals surface area (Å²) in [6.07, 6.45) is 0.943. The molecule has 0 spiro atoms. The van der Waals surface area contributed by atoms with E-state index in [2.05, 4.69) is 29.7 Å². The number of hydrogen-bond acceptors (Lipinski definition) is 4. The highest BCUT2D eigenvalue weighted by Crippen LogP contribution is 2.18. The lowest BCUT2D eigenvalue weighted by Gasteiger charge is -2.24. The van der Waals surface area contributed by atoms with Crippen molar-refractivity contribution in [3.63, 3.8) is 0 Å². The van der Waals surface area contributed by atoms with Crippen molar-refractivity contribution in [3.8, 4) is 5.75 Å². The highest BCUT2D eigenvalue weighted by molar-refractivity contribution is 5.92. The summed E-state index contributed by atoms with van der Waals surface area (Å²) in [5, 5.41) is 5.85. The minimum Gasteiger partial charge on any atom is -0.497 e. The molecule has 0 saturated heterocycles. The third-order valence-corrected chi connectivity index (χ3v) is 5.09. The molecule has 0 heterocycles. The number of hydrogen-bond donors (Lipinski definition) is 2. The molecule has 0 fully saturated rings. The van der Waals surface area contributed by atoms with Gasteiger partial charge in [0, 0.05) is 18.2 Å². The summed E-state index contributed by atoms with van der Waals surface area (Å²) >= 11 is 0. The van der Waals surface area contributed by atoms with Crippen molar-refractivity contribution < 1.29 is 14.3 Å². The van der Waals surface area contributed by atoms with Crippen LogP contribution in [0, 0.1) is 0 Å². The predicted octanol–water partition coefficient (Wildman–Crippen LogP) is 3.26. The molecular weight excluding hydrogens is 366 g/mol. The molecule has 2 aromatic carbocycles. The monoisotopic (exact) mass is 397 g/mol. The summed E-state index contributed by atoms with van der Waals surface area (Å²) in [6, 6.07) is 16.9. The number of anilines is 1. The van der Waals surface area contributed by atoms with Crippen LogP contribution in [0.2, 0.25) is 0 Å². The molecule has 0 aromatic heterocycles. The Morgan fingerprint density at radius 1 is 1.07 bits per heavy atom. The first-order chi connectivity index (χ1) is 13.9. The minimum atomic E-state index is -0.412. The Kier molecular flexibility index (Phi) is 8.68.